The van der Waals surface area contributed by atoms with Gasteiger partial charge in [0.05, 0.1) is 12.2 Å². The molecule has 1 aliphatic carbocycles. The summed E-state index contributed by atoms with van der Waals surface area (Å²) in [7, 11) is 2.23. The standard InChI is InChI=1S/C16H31N5/c1-14(2)17-11-16-13-21(19-18-16)10-9-20(3)12-15-7-5-4-6-8-15/h13-15,17H,4-12H2,1-3H3. The van der Waals surface area contributed by atoms with E-state index in [0.29, 0.717) is 6.04 Å². The van der Waals surface area contributed by atoms with Crippen LogP contribution in [0.4, 0.5) is 0 Å². The predicted octanol–water partition coefficient (Wildman–Crippen LogP) is 2.29. The van der Waals surface area contributed by atoms with Crippen molar-refractivity contribution in [1.29, 1.82) is 0 Å². The second-order valence-electron chi connectivity index (χ2n) is 6.77. The van der Waals surface area contributed by atoms with Crippen molar-refractivity contribution in [2.24, 2.45) is 5.92 Å². The van der Waals surface area contributed by atoms with E-state index in [4.69, 9.17) is 0 Å². The third-order valence-electron chi connectivity index (χ3n) is 4.28. The number of nitrogens with one attached hydrogen (secondary N) is 1. The van der Waals surface area contributed by atoms with Crippen molar-refractivity contribution in [2.75, 3.05) is 20.1 Å². The van der Waals surface area contributed by atoms with Crippen LogP contribution in [-0.2, 0) is 13.1 Å². The molecule has 1 aromatic rings. The topological polar surface area (TPSA) is 46.0 Å². The summed E-state index contributed by atoms with van der Waals surface area (Å²) < 4.78 is 1.97. The van der Waals surface area contributed by atoms with Crippen molar-refractivity contribution in [3.8, 4) is 0 Å². The van der Waals surface area contributed by atoms with Crippen molar-refractivity contribution >= 4 is 0 Å². The molecule has 0 saturated heterocycles. The number of rotatable bonds is 8. The first-order chi connectivity index (χ1) is 10.1. The molecule has 0 aromatic carbocycles. The van der Waals surface area contributed by atoms with Crippen LogP contribution < -0.4 is 5.32 Å². The molecule has 0 aliphatic heterocycles. The molecule has 2 rings (SSSR count). The molecule has 0 spiro atoms. The van der Waals surface area contributed by atoms with Crippen LogP contribution in [0.15, 0.2) is 6.20 Å². The average Bonchev–Trinajstić information content (AvgIpc) is 2.92. The Morgan fingerprint density at radius 2 is 2.10 bits per heavy atom. The Bertz CT molecular complexity index is 395. The third kappa shape index (κ3) is 6.14. The van der Waals surface area contributed by atoms with Gasteiger partial charge in [-0.05, 0) is 25.8 Å². The number of hydrogen-bond donors (Lipinski definition) is 1. The molecule has 1 heterocycles. The minimum absolute atomic E-state index is 0.483. The van der Waals surface area contributed by atoms with Crippen molar-refractivity contribution in [2.45, 2.75) is 65.1 Å². The Morgan fingerprint density at radius 3 is 2.81 bits per heavy atom. The quantitative estimate of drug-likeness (QED) is 0.799. The molecule has 0 unspecified atom stereocenters. The highest BCUT2D eigenvalue weighted by molar-refractivity contribution is 4.91. The summed E-state index contributed by atoms with van der Waals surface area (Å²) in [4.78, 5) is 2.45. The highest BCUT2D eigenvalue weighted by Gasteiger charge is 2.15. The van der Waals surface area contributed by atoms with Gasteiger partial charge in [-0.25, -0.2) is 0 Å². The fraction of sp³-hybridized carbons (Fsp3) is 0.875. The fourth-order valence-electron chi connectivity index (χ4n) is 3.01. The summed E-state index contributed by atoms with van der Waals surface area (Å²) in [5.74, 6) is 0.908. The van der Waals surface area contributed by atoms with Gasteiger partial charge in [0.25, 0.3) is 0 Å². The molecule has 5 heteroatoms. The molecular formula is C16H31N5. The summed E-state index contributed by atoms with van der Waals surface area (Å²) >= 11 is 0. The lowest BCUT2D eigenvalue weighted by Gasteiger charge is -2.26. The maximum atomic E-state index is 4.21. The SMILES string of the molecule is CC(C)NCc1cn(CCN(C)CC2CCCCC2)nn1. The van der Waals surface area contributed by atoms with E-state index in [1.165, 1.54) is 38.6 Å². The van der Waals surface area contributed by atoms with Crippen molar-refractivity contribution in [1.82, 2.24) is 25.2 Å². The average molecular weight is 293 g/mol. The summed E-state index contributed by atoms with van der Waals surface area (Å²) in [5, 5.41) is 11.8. The van der Waals surface area contributed by atoms with Crippen LogP contribution in [-0.4, -0.2) is 46.1 Å². The molecule has 0 radical (unpaired) electrons. The second-order valence-corrected chi connectivity index (χ2v) is 6.77. The van der Waals surface area contributed by atoms with Crippen molar-refractivity contribution < 1.29 is 0 Å². The Balaban J connectivity index is 1.67. The first kappa shape index (κ1) is 16.4. The molecule has 21 heavy (non-hydrogen) atoms. The number of hydrogen-bond acceptors (Lipinski definition) is 4. The highest BCUT2D eigenvalue weighted by atomic mass is 15.4. The second kappa shape index (κ2) is 8.49. The lowest BCUT2D eigenvalue weighted by Crippen LogP contribution is -2.30. The van der Waals surface area contributed by atoms with Gasteiger partial charge in [-0.15, -0.1) is 5.10 Å². The van der Waals surface area contributed by atoms with Crippen molar-refractivity contribution in [3.05, 3.63) is 11.9 Å². The molecule has 5 nitrogen and oxygen atoms in total. The van der Waals surface area contributed by atoms with Gasteiger partial charge in [0.2, 0.25) is 0 Å². The maximum Gasteiger partial charge on any atom is 0.0964 e. The van der Waals surface area contributed by atoms with Gasteiger partial charge in [0, 0.05) is 31.9 Å². The van der Waals surface area contributed by atoms with E-state index in [0.717, 1.165) is 31.2 Å². The van der Waals surface area contributed by atoms with Crippen molar-refractivity contribution in [3.63, 3.8) is 0 Å². The number of nitrogens with zero attached hydrogens (tertiary/aromatic N) is 4. The Morgan fingerprint density at radius 1 is 1.33 bits per heavy atom. The Kier molecular flexibility index (Phi) is 6.64. The summed E-state index contributed by atoms with van der Waals surface area (Å²) in [6, 6.07) is 0.483. The summed E-state index contributed by atoms with van der Waals surface area (Å²) in [6.45, 7) is 8.30. The summed E-state index contributed by atoms with van der Waals surface area (Å²) in [6.07, 6.45) is 9.18. The first-order valence-corrected chi connectivity index (χ1v) is 8.44. The molecule has 0 atom stereocenters. The van der Waals surface area contributed by atoms with E-state index in [2.05, 4.69) is 47.6 Å². The number of likely N-dealkylation sites (N-methyl/N-ethyl adjacent to an activating group) is 1. The molecule has 0 bridgehead atoms. The van der Waals surface area contributed by atoms with E-state index >= 15 is 0 Å². The molecule has 1 aromatic heterocycles. The van der Waals surface area contributed by atoms with Crippen LogP contribution in [0.2, 0.25) is 0 Å². The third-order valence-corrected chi connectivity index (χ3v) is 4.28. The zero-order chi connectivity index (χ0) is 15.1. The predicted molar refractivity (Wildman–Crippen MR) is 86.1 cm³/mol. The van der Waals surface area contributed by atoms with Gasteiger partial charge >= 0.3 is 0 Å². The first-order valence-electron chi connectivity index (χ1n) is 8.44. The molecular weight excluding hydrogens is 262 g/mol. The lowest BCUT2D eigenvalue weighted by molar-refractivity contribution is 0.225. The normalized spacial score (nSPS) is 17.0. The van der Waals surface area contributed by atoms with E-state index in [-0.39, 0.29) is 0 Å². The van der Waals surface area contributed by atoms with Crippen LogP contribution >= 0.6 is 0 Å². The summed E-state index contributed by atoms with van der Waals surface area (Å²) in [5.41, 5.74) is 1.03. The molecule has 1 N–H and O–H groups in total. The number of aromatic nitrogens is 3. The molecule has 1 fully saturated rings. The van der Waals surface area contributed by atoms with Crippen LogP contribution in [0, 0.1) is 5.92 Å². The van der Waals surface area contributed by atoms with Gasteiger partial charge in [0.1, 0.15) is 0 Å². The van der Waals surface area contributed by atoms with E-state index in [9.17, 15) is 0 Å². The maximum absolute atomic E-state index is 4.21. The molecule has 0 amide bonds. The van der Waals surface area contributed by atoms with Gasteiger partial charge < -0.3 is 10.2 Å². The van der Waals surface area contributed by atoms with Gasteiger partial charge in [0.15, 0.2) is 0 Å². The zero-order valence-corrected chi connectivity index (χ0v) is 13.9. The highest BCUT2D eigenvalue weighted by Crippen LogP contribution is 2.23. The van der Waals surface area contributed by atoms with Gasteiger partial charge in [-0.2, -0.15) is 0 Å². The van der Waals surface area contributed by atoms with E-state index in [1.807, 2.05) is 4.68 Å². The van der Waals surface area contributed by atoms with E-state index < -0.39 is 0 Å². The van der Waals surface area contributed by atoms with Crippen LogP contribution in [0.5, 0.6) is 0 Å². The van der Waals surface area contributed by atoms with Crippen LogP contribution in [0.1, 0.15) is 51.6 Å². The minimum Gasteiger partial charge on any atom is -0.309 e. The lowest BCUT2D eigenvalue weighted by atomic mass is 9.89. The minimum atomic E-state index is 0.483. The molecule has 1 aliphatic rings. The fourth-order valence-corrected chi connectivity index (χ4v) is 3.01. The molecule has 1 saturated carbocycles. The monoisotopic (exact) mass is 293 g/mol. The van der Waals surface area contributed by atoms with Gasteiger partial charge in [-0.1, -0.05) is 38.3 Å². The van der Waals surface area contributed by atoms with E-state index in [1.54, 1.807) is 0 Å². The Labute approximate surface area is 129 Å². The van der Waals surface area contributed by atoms with Gasteiger partial charge in [-0.3, -0.25) is 4.68 Å². The van der Waals surface area contributed by atoms with Crippen LogP contribution in [0.25, 0.3) is 0 Å². The smallest absolute Gasteiger partial charge is 0.0964 e. The van der Waals surface area contributed by atoms with Crippen LogP contribution in [0.3, 0.4) is 0 Å². The molecule has 120 valence electrons. The largest absolute Gasteiger partial charge is 0.309 e. The Hall–Kier alpha value is -0.940. The zero-order valence-electron chi connectivity index (χ0n) is 13.9.